The molecule has 54 heavy (non-hydrogen) atoms. The normalized spacial score (nSPS) is 22.2. The lowest BCUT2D eigenvalue weighted by Gasteiger charge is -2.32. The predicted octanol–water partition coefficient (Wildman–Crippen LogP) is 4.33. The molecule has 0 fully saturated rings. The molecule has 1 aliphatic heterocycles. The molecule has 0 saturated heterocycles. The maximum Gasteiger partial charge on any atom is 0.347 e. The molecule has 2 aromatic rings. The Hall–Kier alpha value is -4.17. The molecule has 13 nitrogen and oxygen atoms in total. The van der Waals surface area contributed by atoms with E-state index in [-0.39, 0.29) is 44.9 Å². The number of alkyl halides is 1. The van der Waals surface area contributed by atoms with Gasteiger partial charge in [-0.1, -0.05) is 68.8 Å². The van der Waals surface area contributed by atoms with Crippen LogP contribution in [0.3, 0.4) is 0 Å². The number of hydrogen-bond acceptors (Lipinski definition) is 11. The smallest absolute Gasteiger partial charge is 0.347 e. The summed E-state index contributed by atoms with van der Waals surface area (Å²) in [5.41, 5.74) is 5.89. The van der Waals surface area contributed by atoms with E-state index in [0.717, 1.165) is 0 Å². The van der Waals surface area contributed by atoms with E-state index in [1.165, 1.54) is 19.3 Å². The van der Waals surface area contributed by atoms with Gasteiger partial charge in [0.15, 0.2) is 6.10 Å². The van der Waals surface area contributed by atoms with Gasteiger partial charge in [0.1, 0.15) is 24.5 Å². The second-order valence-corrected chi connectivity index (χ2v) is 15.2. The van der Waals surface area contributed by atoms with Crippen molar-refractivity contribution in [2.45, 2.75) is 90.2 Å². The van der Waals surface area contributed by atoms with E-state index in [0.29, 0.717) is 27.5 Å². The molecule has 0 spiro atoms. The highest BCUT2D eigenvalue weighted by Gasteiger charge is 2.38. The Bertz CT molecular complexity index is 1650. The first kappa shape index (κ1) is 44.2. The zero-order valence-corrected chi connectivity index (χ0v) is 32.9. The van der Waals surface area contributed by atoms with Gasteiger partial charge in [0.05, 0.1) is 35.6 Å². The van der Waals surface area contributed by atoms with Gasteiger partial charge in [0.25, 0.3) is 0 Å². The minimum Gasteiger partial charge on any atom is -0.495 e. The number of halogens is 2. The molecule has 2 amide bonds. The topological polar surface area (TPSA) is 193 Å². The number of cyclic esters (lactones) is 2. The average Bonchev–Trinajstić information content (AvgIpc) is 3.13. The van der Waals surface area contributed by atoms with E-state index in [2.05, 4.69) is 10.6 Å². The van der Waals surface area contributed by atoms with Gasteiger partial charge in [-0.2, -0.15) is 0 Å². The van der Waals surface area contributed by atoms with Crippen molar-refractivity contribution in [3.63, 3.8) is 0 Å². The molecular weight excluding hydrogens is 741 g/mol. The van der Waals surface area contributed by atoms with E-state index < -0.39 is 70.8 Å². The number of ether oxygens (including phenoxy) is 4. The Balaban J connectivity index is 1.92. The maximum atomic E-state index is 13.7. The third-order valence-electron chi connectivity index (χ3n) is 8.94. The molecule has 1 heterocycles. The van der Waals surface area contributed by atoms with Crippen LogP contribution in [0.4, 0.5) is 0 Å². The number of carbonyl (C=O) groups excluding carboxylic acids is 5. The Kier molecular flexibility index (Phi) is 16.8. The van der Waals surface area contributed by atoms with Gasteiger partial charge in [0, 0.05) is 25.3 Å². The van der Waals surface area contributed by atoms with Crippen LogP contribution in [-0.2, 0) is 51.2 Å². The molecule has 1 aliphatic rings. The number of methoxy groups -OCH3 is 1. The standard InChI is InChI=1S/C39H51Cl2N3O10/c1-22(2)16-31-37(49)53-29(23(3)35(47)34(41)26-13-10-24(11-14-26)20-52-33(46)19-42)8-7-9-32(45)44-28(18-25-12-15-30(51-6)27(40)17-25)36(48)43-21-39(4,5)38(50)54-31/h7,9-15,17,22-23,28-29,31,34-35,47H,8,16,18-21,42H2,1-6H3,(H,43,48)(H,44,45)/b9-7+/t23-,28?,29-,31-,34+,35+/m0/s1. The van der Waals surface area contributed by atoms with Gasteiger partial charge < -0.3 is 40.4 Å². The summed E-state index contributed by atoms with van der Waals surface area (Å²) >= 11 is 13.1. The lowest BCUT2D eigenvalue weighted by Crippen LogP contribution is -2.51. The van der Waals surface area contributed by atoms with E-state index in [1.807, 2.05) is 13.8 Å². The van der Waals surface area contributed by atoms with E-state index in [1.54, 1.807) is 63.2 Å². The van der Waals surface area contributed by atoms with Crippen LogP contribution in [-0.4, -0.2) is 79.4 Å². The average molecular weight is 793 g/mol. The molecule has 2 aromatic carbocycles. The molecule has 0 radical (unpaired) electrons. The third kappa shape index (κ3) is 13.0. The first-order valence-corrected chi connectivity index (χ1v) is 18.5. The van der Waals surface area contributed by atoms with Crippen LogP contribution in [0.25, 0.3) is 0 Å². The molecule has 0 aromatic heterocycles. The molecule has 6 atom stereocenters. The van der Waals surface area contributed by atoms with E-state index in [4.69, 9.17) is 47.9 Å². The Labute approximate surface area is 326 Å². The lowest BCUT2D eigenvalue weighted by atomic mass is 9.90. The number of carbonyl (C=O) groups is 5. The van der Waals surface area contributed by atoms with Crippen LogP contribution < -0.4 is 21.1 Å². The largest absolute Gasteiger partial charge is 0.495 e. The van der Waals surface area contributed by atoms with Crippen LogP contribution in [0.2, 0.25) is 5.02 Å². The van der Waals surface area contributed by atoms with Crippen molar-refractivity contribution < 1.29 is 48.0 Å². The third-order valence-corrected chi connectivity index (χ3v) is 9.74. The van der Waals surface area contributed by atoms with Crippen molar-refractivity contribution in [1.82, 2.24) is 10.6 Å². The monoisotopic (exact) mass is 791 g/mol. The zero-order chi connectivity index (χ0) is 40.2. The number of aliphatic hydroxyl groups is 1. The van der Waals surface area contributed by atoms with Crippen molar-refractivity contribution >= 4 is 52.9 Å². The summed E-state index contributed by atoms with van der Waals surface area (Å²) in [7, 11) is 1.48. The van der Waals surface area contributed by atoms with Crippen molar-refractivity contribution in [2.75, 3.05) is 20.2 Å². The quantitative estimate of drug-likeness (QED) is 0.136. The fourth-order valence-corrected chi connectivity index (χ4v) is 6.18. The highest BCUT2D eigenvalue weighted by atomic mass is 35.5. The highest BCUT2D eigenvalue weighted by molar-refractivity contribution is 6.32. The van der Waals surface area contributed by atoms with Crippen molar-refractivity contribution in [2.24, 2.45) is 23.0 Å². The molecule has 0 bridgehead atoms. The molecular formula is C39H51Cl2N3O10. The number of nitrogens with one attached hydrogen (secondary N) is 2. The summed E-state index contributed by atoms with van der Waals surface area (Å²) in [6.07, 6.45) is -0.713. The van der Waals surface area contributed by atoms with Crippen LogP contribution in [0.15, 0.2) is 54.6 Å². The summed E-state index contributed by atoms with van der Waals surface area (Å²) in [5.74, 6) is -3.70. The second-order valence-electron chi connectivity index (χ2n) is 14.3. The molecule has 0 saturated carbocycles. The van der Waals surface area contributed by atoms with E-state index >= 15 is 0 Å². The van der Waals surface area contributed by atoms with Gasteiger partial charge in [-0.3, -0.25) is 19.2 Å². The summed E-state index contributed by atoms with van der Waals surface area (Å²) in [4.78, 5) is 65.4. The fourth-order valence-electron chi connectivity index (χ4n) is 5.52. The van der Waals surface area contributed by atoms with Gasteiger partial charge in [-0.15, -0.1) is 11.6 Å². The Morgan fingerprint density at radius 3 is 2.33 bits per heavy atom. The van der Waals surface area contributed by atoms with Crippen molar-refractivity contribution in [3.8, 4) is 5.75 Å². The van der Waals surface area contributed by atoms with E-state index in [9.17, 15) is 29.1 Å². The SMILES string of the molecule is COc1ccc(CC2NC(=O)/C=C/C[C@@H]([C@H](C)[C@@H](O)[C@H](Cl)c3ccc(COC(=O)CN)cc3)OC(=O)[C@H](CC(C)C)OC(=O)C(C)(C)CNC2=O)cc1Cl. The number of rotatable bonds is 12. The van der Waals surface area contributed by atoms with Gasteiger partial charge in [0.2, 0.25) is 11.8 Å². The summed E-state index contributed by atoms with van der Waals surface area (Å²) < 4.78 is 22.0. The molecule has 0 aliphatic carbocycles. The molecule has 15 heteroatoms. The number of amides is 2. The Morgan fingerprint density at radius 1 is 1.06 bits per heavy atom. The van der Waals surface area contributed by atoms with Crippen LogP contribution in [0, 0.1) is 17.3 Å². The van der Waals surface area contributed by atoms with Crippen LogP contribution >= 0.6 is 23.2 Å². The second kappa shape index (κ2) is 20.5. The van der Waals surface area contributed by atoms with Gasteiger partial charge in [-0.25, -0.2) is 4.79 Å². The minimum absolute atomic E-state index is 0.0146. The molecule has 5 N–H and O–H groups in total. The summed E-state index contributed by atoms with van der Waals surface area (Å²) in [5, 5.41) is 16.3. The number of benzene rings is 2. The van der Waals surface area contributed by atoms with Crippen molar-refractivity contribution in [1.29, 1.82) is 0 Å². The molecule has 296 valence electrons. The number of hydrogen-bond donors (Lipinski definition) is 4. The van der Waals surface area contributed by atoms with Gasteiger partial charge in [-0.05, 0) is 61.1 Å². The van der Waals surface area contributed by atoms with Gasteiger partial charge >= 0.3 is 17.9 Å². The first-order chi connectivity index (χ1) is 25.4. The lowest BCUT2D eigenvalue weighted by molar-refractivity contribution is -0.180. The van der Waals surface area contributed by atoms with Crippen LogP contribution in [0.1, 0.15) is 69.5 Å². The fraction of sp³-hybridized carbons (Fsp3) is 0.513. The summed E-state index contributed by atoms with van der Waals surface area (Å²) in [6, 6.07) is 10.7. The van der Waals surface area contributed by atoms with Crippen LogP contribution in [0.5, 0.6) is 5.75 Å². The zero-order valence-electron chi connectivity index (χ0n) is 31.4. The number of nitrogens with two attached hydrogens (primary N) is 1. The molecule has 3 rings (SSSR count). The summed E-state index contributed by atoms with van der Waals surface area (Å²) in [6.45, 7) is 8.11. The Morgan fingerprint density at radius 2 is 1.72 bits per heavy atom. The highest BCUT2D eigenvalue weighted by Crippen LogP contribution is 2.33. The maximum absolute atomic E-state index is 13.7. The molecule has 1 unspecified atom stereocenters. The predicted molar refractivity (Wildman–Crippen MR) is 202 cm³/mol. The first-order valence-electron chi connectivity index (χ1n) is 17.7. The minimum atomic E-state index is -1.29. The number of esters is 3. The van der Waals surface area contributed by atoms with Crippen molar-refractivity contribution in [3.05, 3.63) is 76.3 Å². The number of aliphatic hydroxyl groups excluding tert-OH is 1.